The standard InChI is InChI=1S/C24H32N4O5S/c1-2-33-22-10-6-5-9-21(22)23(29)25-16-15-19-11-13-20(14-12-19)34(31,32)27-24(30)26-28-17-7-3-4-8-18-28/h5-6,9-14H,2-4,7-8,15-18H2,1H3,(H,25,29)(H2,26,27,30). The Bertz CT molecular complexity index is 1070. The summed E-state index contributed by atoms with van der Waals surface area (Å²) in [5.74, 6) is 0.298. The molecule has 184 valence electrons. The Morgan fingerprint density at radius 1 is 0.971 bits per heavy atom. The van der Waals surface area contributed by atoms with Gasteiger partial charge in [-0.15, -0.1) is 0 Å². The molecule has 3 N–H and O–H groups in total. The number of urea groups is 1. The highest BCUT2D eigenvalue weighted by molar-refractivity contribution is 7.90. The maximum absolute atomic E-state index is 12.5. The van der Waals surface area contributed by atoms with Crippen LogP contribution < -0.4 is 20.2 Å². The number of sulfonamides is 1. The Balaban J connectivity index is 1.50. The molecule has 1 aliphatic heterocycles. The van der Waals surface area contributed by atoms with Gasteiger partial charge < -0.3 is 10.1 Å². The molecule has 1 heterocycles. The fourth-order valence-corrected chi connectivity index (χ4v) is 4.62. The number of para-hydroxylation sites is 1. The molecule has 3 amide bonds. The smallest absolute Gasteiger partial charge is 0.343 e. The van der Waals surface area contributed by atoms with Gasteiger partial charge in [0.15, 0.2) is 0 Å². The lowest BCUT2D eigenvalue weighted by Gasteiger charge is -2.20. The number of amides is 3. The van der Waals surface area contributed by atoms with Crippen LogP contribution in [0.3, 0.4) is 0 Å². The summed E-state index contributed by atoms with van der Waals surface area (Å²) in [7, 11) is -3.99. The summed E-state index contributed by atoms with van der Waals surface area (Å²) in [6.45, 7) is 4.11. The summed E-state index contributed by atoms with van der Waals surface area (Å²) < 4.78 is 32.7. The van der Waals surface area contributed by atoms with Crippen LogP contribution in [-0.4, -0.2) is 51.6 Å². The second-order valence-electron chi connectivity index (χ2n) is 8.03. The predicted molar refractivity (Wildman–Crippen MR) is 129 cm³/mol. The average Bonchev–Trinajstić information content (AvgIpc) is 3.08. The summed E-state index contributed by atoms with van der Waals surface area (Å²) in [5.41, 5.74) is 3.94. The van der Waals surface area contributed by atoms with E-state index in [-0.39, 0.29) is 10.8 Å². The molecule has 34 heavy (non-hydrogen) atoms. The van der Waals surface area contributed by atoms with Crippen LogP contribution in [0.15, 0.2) is 53.4 Å². The van der Waals surface area contributed by atoms with Crippen LogP contribution in [-0.2, 0) is 16.4 Å². The van der Waals surface area contributed by atoms with E-state index in [1.165, 1.54) is 12.1 Å². The van der Waals surface area contributed by atoms with Crippen LogP contribution in [0.4, 0.5) is 4.79 Å². The van der Waals surface area contributed by atoms with Gasteiger partial charge in [-0.3, -0.25) is 10.2 Å². The molecule has 0 spiro atoms. The second-order valence-corrected chi connectivity index (χ2v) is 9.71. The van der Waals surface area contributed by atoms with E-state index < -0.39 is 16.1 Å². The van der Waals surface area contributed by atoms with E-state index in [9.17, 15) is 18.0 Å². The second kappa shape index (κ2) is 12.4. The van der Waals surface area contributed by atoms with Crippen LogP contribution in [0.2, 0.25) is 0 Å². The molecule has 3 rings (SSSR count). The van der Waals surface area contributed by atoms with Gasteiger partial charge in [-0.05, 0) is 56.0 Å². The highest BCUT2D eigenvalue weighted by Gasteiger charge is 2.20. The van der Waals surface area contributed by atoms with E-state index >= 15 is 0 Å². The normalized spacial score (nSPS) is 14.6. The highest BCUT2D eigenvalue weighted by atomic mass is 32.2. The summed E-state index contributed by atoms with van der Waals surface area (Å²) >= 11 is 0. The zero-order valence-corrected chi connectivity index (χ0v) is 20.2. The van der Waals surface area contributed by atoms with E-state index in [1.807, 2.05) is 13.0 Å². The van der Waals surface area contributed by atoms with Crippen LogP contribution in [0, 0.1) is 0 Å². The molecule has 9 nitrogen and oxygen atoms in total. The van der Waals surface area contributed by atoms with Crippen molar-refractivity contribution in [3.63, 3.8) is 0 Å². The topological polar surface area (TPSA) is 117 Å². The molecule has 0 atom stereocenters. The van der Waals surface area contributed by atoms with Gasteiger partial charge in [0.25, 0.3) is 15.9 Å². The van der Waals surface area contributed by atoms with Gasteiger partial charge >= 0.3 is 6.03 Å². The molecule has 0 aliphatic carbocycles. The Morgan fingerprint density at radius 3 is 2.32 bits per heavy atom. The van der Waals surface area contributed by atoms with Crippen LogP contribution in [0.1, 0.15) is 48.5 Å². The first-order chi connectivity index (χ1) is 16.4. The fraction of sp³-hybridized carbons (Fsp3) is 0.417. The number of carbonyl (C=O) groups excluding carboxylic acids is 2. The number of carbonyl (C=O) groups is 2. The van der Waals surface area contributed by atoms with E-state index in [2.05, 4.69) is 15.5 Å². The fourth-order valence-electron chi connectivity index (χ4n) is 3.72. The van der Waals surface area contributed by atoms with E-state index in [0.29, 0.717) is 44.0 Å². The molecule has 2 aromatic carbocycles. The predicted octanol–water partition coefficient (Wildman–Crippen LogP) is 2.84. The van der Waals surface area contributed by atoms with Crippen molar-refractivity contribution >= 4 is 22.0 Å². The van der Waals surface area contributed by atoms with Gasteiger partial charge in [0, 0.05) is 19.6 Å². The number of rotatable bonds is 9. The maximum atomic E-state index is 12.5. The molecule has 1 aliphatic rings. The first-order valence-corrected chi connectivity index (χ1v) is 13.0. The van der Waals surface area contributed by atoms with Crippen LogP contribution in [0.25, 0.3) is 0 Å². The minimum absolute atomic E-state index is 0.00283. The lowest BCUT2D eigenvalue weighted by molar-refractivity contribution is 0.0950. The highest BCUT2D eigenvalue weighted by Crippen LogP contribution is 2.18. The van der Waals surface area contributed by atoms with Crippen molar-refractivity contribution in [1.82, 2.24) is 20.5 Å². The molecule has 10 heteroatoms. The zero-order valence-electron chi connectivity index (χ0n) is 19.4. The minimum Gasteiger partial charge on any atom is -0.493 e. The molecule has 0 radical (unpaired) electrons. The number of benzene rings is 2. The summed E-state index contributed by atoms with van der Waals surface area (Å²) in [4.78, 5) is 24.6. The van der Waals surface area contributed by atoms with Gasteiger partial charge in [-0.1, -0.05) is 37.1 Å². The summed E-state index contributed by atoms with van der Waals surface area (Å²) in [5, 5.41) is 4.61. The Morgan fingerprint density at radius 2 is 1.65 bits per heavy atom. The maximum Gasteiger partial charge on any atom is 0.343 e. The van der Waals surface area contributed by atoms with Crippen LogP contribution in [0.5, 0.6) is 5.75 Å². The molecule has 1 saturated heterocycles. The lowest BCUT2D eigenvalue weighted by Crippen LogP contribution is -2.49. The van der Waals surface area contributed by atoms with Gasteiger partial charge in [0.1, 0.15) is 5.75 Å². The zero-order chi connectivity index (χ0) is 24.4. The molecule has 0 unspecified atom stereocenters. The summed E-state index contributed by atoms with van der Waals surface area (Å²) in [6.07, 6.45) is 4.66. The van der Waals surface area contributed by atoms with Gasteiger partial charge in [0.05, 0.1) is 17.1 Å². The van der Waals surface area contributed by atoms with Crippen molar-refractivity contribution in [3.05, 3.63) is 59.7 Å². The number of nitrogens with one attached hydrogen (secondary N) is 3. The first-order valence-electron chi connectivity index (χ1n) is 11.6. The SMILES string of the molecule is CCOc1ccccc1C(=O)NCCc1ccc(S(=O)(=O)NC(=O)NN2CCCCCC2)cc1. The van der Waals surface area contributed by atoms with E-state index in [4.69, 9.17) is 4.74 Å². The molecule has 0 bridgehead atoms. The molecule has 1 fully saturated rings. The quantitative estimate of drug-likeness (QED) is 0.500. The third-order valence-corrected chi connectivity index (χ3v) is 6.80. The lowest BCUT2D eigenvalue weighted by atomic mass is 10.1. The molecular weight excluding hydrogens is 456 g/mol. The van der Waals surface area contributed by atoms with E-state index in [1.54, 1.807) is 35.3 Å². The monoisotopic (exact) mass is 488 g/mol. The molecule has 2 aromatic rings. The number of hydrogen-bond donors (Lipinski definition) is 3. The Kier molecular flexibility index (Phi) is 9.29. The third kappa shape index (κ3) is 7.46. The van der Waals surface area contributed by atoms with Crippen molar-refractivity contribution < 1.29 is 22.7 Å². The van der Waals surface area contributed by atoms with Crippen LogP contribution >= 0.6 is 0 Å². The van der Waals surface area contributed by atoms with Crippen molar-refractivity contribution in [2.75, 3.05) is 26.2 Å². The first kappa shape index (κ1) is 25.5. The minimum atomic E-state index is -3.99. The van der Waals surface area contributed by atoms with Crippen molar-refractivity contribution in [1.29, 1.82) is 0 Å². The summed E-state index contributed by atoms with van der Waals surface area (Å²) in [6, 6.07) is 12.5. The van der Waals surface area contributed by atoms with E-state index in [0.717, 1.165) is 31.2 Å². The van der Waals surface area contributed by atoms with Gasteiger partial charge in [-0.25, -0.2) is 22.9 Å². The molecular formula is C24H32N4O5S. The number of hydrogen-bond acceptors (Lipinski definition) is 6. The average molecular weight is 489 g/mol. The number of hydrazine groups is 1. The van der Waals surface area contributed by atoms with Gasteiger partial charge in [0.2, 0.25) is 0 Å². The Labute approximate surface area is 200 Å². The Hall–Kier alpha value is -3.11. The van der Waals surface area contributed by atoms with Crippen molar-refractivity contribution in [3.8, 4) is 5.75 Å². The largest absolute Gasteiger partial charge is 0.493 e. The number of ether oxygens (including phenoxy) is 1. The van der Waals surface area contributed by atoms with Crippen molar-refractivity contribution in [2.45, 2.75) is 43.9 Å². The van der Waals surface area contributed by atoms with Gasteiger partial charge in [-0.2, -0.15) is 0 Å². The third-order valence-electron chi connectivity index (χ3n) is 5.46. The van der Waals surface area contributed by atoms with Crippen molar-refractivity contribution in [2.24, 2.45) is 0 Å². The molecule has 0 saturated carbocycles. The number of nitrogens with zero attached hydrogens (tertiary/aromatic N) is 1. The molecule has 0 aromatic heterocycles.